The second-order valence-electron chi connectivity index (χ2n) is 8.74. The van der Waals surface area contributed by atoms with Crippen molar-refractivity contribution in [1.29, 1.82) is 0 Å². The first kappa shape index (κ1) is 21.7. The average Bonchev–Trinajstić information content (AvgIpc) is 3.68. The molecule has 2 fully saturated rings. The smallest absolute Gasteiger partial charge is 0.123 e. The third kappa shape index (κ3) is 5.20. The SMILES string of the molecule is C=CCc1c(OCC2CO2)ccc(C(C)(C)c2ccc(OCC3CO3)cc2)c1CC=C. The van der Waals surface area contributed by atoms with Crippen molar-refractivity contribution in [2.24, 2.45) is 0 Å². The summed E-state index contributed by atoms with van der Waals surface area (Å²) in [7, 11) is 0. The van der Waals surface area contributed by atoms with E-state index >= 15 is 0 Å². The van der Waals surface area contributed by atoms with Crippen molar-refractivity contribution >= 4 is 0 Å². The van der Waals surface area contributed by atoms with Gasteiger partial charge in [-0.15, -0.1) is 13.2 Å². The normalized spacial score (nSPS) is 19.5. The van der Waals surface area contributed by atoms with Gasteiger partial charge in [0.1, 0.15) is 36.9 Å². The molecule has 2 heterocycles. The first-order chi connectivity index (χ1) is 15.0. The lowest BCUT2D eigenvalue weighted by molar-refractivity contribution is 0.261. The summed E-state index contributed by atoms with van der Waals surface area (Å²) < 4.78 is 22.4. The summed E-state index contributed by atoms with van der Waals surface area (Å²) in [6.45, 7) is 15.3. The molecule has 0 radical (unpaired) electrons. The van der Waals surface area contributed by atoms with Crippen molar-refractivity contribution in [1.82, 2.24) is 0 Å². The highest BCUT2D eigenvalue weighted by Gasteiger charge is 2.29. The Hall–Kier alpha value is -2.56. The van der Waals surface area contributed by atoms with E-state index in [1.165, 1.54) is 22.3 Å². The molecule has 0 aromatic heterocycles. The third-order valence-electron chi connectivity index (χ3n) is 6.00. The van der Waals surface area contributed by atoms with E-state index < -0.39 is 0 Å². The van der Waals surface area contributed by atoms with Gasteiger partial charge in [0.05, 0.1) is 13.2 Å². The number of rotatable bonds is 12. The van der Waals surface area contributed by atoms with Gasteiger partial charge >= 0.3 is 0 Å². The fourth-order valence-electron chi connectivity index (χ4n) is 3.96. The molecule has 4 heteroatoms. The van der Waals surface area contributed by atoms with Crippen LogP contribution in [-0.4, -0.2) is 38.6 Å². The minimum absolute atomic E-state index is 0.190. The molecule has 2 atom stereocenters. The first-order valence-corrected chi connectivity index (χ1v) is 11.0. The zero-order valence-electron chi connectivity index (χ0n) is 18.6. The van der Waals surface area contributed by atoms with Crippen LogP contribution < -0.4 is 9.47 Å². The molecule has 2 aromatic rings. The van der Waals surface area contributed by atoms with Crippen LogP contribution in [0.2, 0.25) is 0 Å². The topological polar surface area (TPSA) is 43.5 Å². The van der Waals surface area contributed by atoms with Gasteiger partial charge in [-0.2, -0.15) is 0 Å². The summed E-state index contributed by atoms with van der Waals surface area (Å²) in [4.78, 5) is 0. The van der Waals surface area contributed by atoms with Crippen LogP contribution in [0.15, 0.2) is 61.7 Å². The highest BCUT2D eigenvalue weighted by molar-refractivity contribution is 5.53. The van der Waals surface area contributed by atoms with Gasteiger partial charge in [0, 0.05) is 11.0 Å². The largest absolute Gasteiger partial charge is 0.491 e. The minimum atomic E-state index is -0.190. The van der Waals surface area contributed by atoms with E-state index in [1.807, 2.05) is 24.3 Å². The van der Waals surface area contributed by atoms with Crippen molar-refractivity contribution in [3.05, 3.63) is 84.0 Å². The van der Waals surface area contributed by atoms with Crippen LogP contribution >= 0.6 is 0 Å². The van der Waals surface area contributed by atoms with Crippen LogP contribution in [0.1, 0.15) is 36.1 Å². The Kier molecular flexibility index (Phi) is 6.49. The molecule has 0 aliphatic carbocycles. The van der Waals surface area contributed by atoms with E-state index in [4.69, 9.17) is 18.9 Å². The van der Waals surface area contributed by atoms with Crippen LogP contribution in [0.3, 0.4) is 0 Å². The number of hydrogen-bond donors (Lipinski definition) is 0. The van der Waals surface area contributed by atoms with Crippen LogP contribution in [0.5, 0.6) is 11.5 Å². The molecule has 2 aliphatic rings. The fourth-order valence-corrected chi connectivity index (χ4v) is 3.96. The average molecular weight is 421 g/mol. The monoisotopic (exact) mass is 420 g/mol. The summed E-state index contributed by atoms with van der Waals surface area (Å²) in [6, 6.07) is 12.7. The van der Waals surface area contributed by atoms with E-state index in [0.717, 1.165) is 37.6 Å². The fraction of sp³-hybridized carbons (Fsp3) is 0.407. The highest BCUT2D eigenvalue weighted by Crippen LogP contribution is 2.39. The molecule has 0 amide bonds. The van der Waals surface area contributed by atoms with E-state index in [1.54, 1.807) is 0 Å². The Balaban J connectivity index is 1.63. The van der Waals surface area contributed by atoms with Crippen molar-refractivity contribution in [2.75, 3.05) is 26.4 Å². The van der Waals surface area contributed by atoms with Crippen LogP contribution in [-0.2, 0) is 27.7 Å². The number of epoxide rings is 2. The van der Waals surface area contributed by atoms with E-state index in [2.05, 4.69) is 51.3 Å². The Morgan fingerprint density at radius 3 is 2.03 bits per heavy atom. The first-order valence-electron chi connectivity index (χ1n) is 11.0. The molecule has 0 spiro atoms. The Morgan fingerprint density at radius 2 is 1.45 bits per heavy atom. The molecule has 2 aliphatic heterocycles. The highest BCUT2D eigenvalue weighted by atomic mass is 16.6. The standard InChI is InChI=1S/C27H32O4/c1-5-7-23-24(8-6-2)26(31-18-22-17-30-22)14-13-25(23)27(3,4)19-9-11-20(12-10-19)28-15-21-16-29-21/h5-6,9-14,21-22H,1-2,7-8,15-18H2,3-4H3. The van der Waals surface area contributed by atoms with Gasteiger partial charge in [0.15, 0.2) is 0 Å². The van der Waals surface area contributed by atoms with Gasteiger partial charge in [0.25, 0.3) is 0 Å². The Bertz CT molecular complexity index is 921. The maximum absolute atomic E-state index is 6.11. The van der Waals surface area contributed by atoms with Crippen LogP contribution in [0.4, 0.5) is 0 Å². The molecular weight excluding hydrogens is 388 g/mol. The van der Waals surface area contributed by atoms with Gasteiger partial charge < -0.3 is 18.9 Å². The van der Waals surface area contributed by atoms with Gasteiger partial charge in [-0.25, -0.2) is 0 Å². The van der Waals surface area contributed by atoms with Gasteiger partial charge in [-0.05, 0) is 47.7 Å². The molecule has 2 unspecified atom stereocenters. The summed E-state index contributed by atoms with van der Waals surface area (Å²) >= 11 is 0. The number of ether oxygens (including phenoxy) is 4. The zero-order valence-corrected chi connectivity index (χ0v) is 18.6. The summed E-state index contributed by atoms with van der Waals surface area (Å²) in [5.41, 5.74) is 4.77. The van der Waals surface area contributed by atoms with Crippen molar-refractivity contribution in [3.63, 3.8) is 0 Å². The second kappa shape index (κ2) is 9.29. The van der Waals surface area contributed by atoms with Gasteiger partial charge in [-0.3, -0.25) is 0 Å². The molecule has 0 bridgehead atoms. The molecule has 4 nitrogen and oxygen atoms in total. The van der Waals surface area contributed by atoms with Gasteiger partial charge in [-0.1, -0.05) is 44.2 Å². The lowest BCUT2D eigenvalue weighted by Gasteiger charge is -2.31. The Morgan fingerprint density at radius 1 is 0.871 bits per heavy atom. The molecular formula is C27H32O4. The second-order valence-corrected chi connectivity index (χ2v) is 8.74. The third-order valence-corrected chi connectivity index (χ3v) is 6.00. The van der Waals surface area contributed by atoms with Crippen LogP contribution in [0.25, 0.3) is 0 Å². The summed E-state index contributed by atoms with van der Waals surface area (Å²) in [6.07, 6.45) is 5.92. The summed E-state index contributed by atoms with van der Waals surface area (Å²) in [5.74, 6) is 1.79. The van der Waals surface area contributed by atoms with Crippen LogP contribution in [0, 0.1) is 0 Å². The van der Waals surface area contributed by atoms with Crippen molar-refractivity contribution in [2.45, 2.75) is 44.3 Å². The number of benzene rings is 2. The Labute approximate surface area is 185 Å². The lowest BCUT2D eigenvalue weighted by atomic mass is 9.74. The zero-order chi connectivity index (χ0) is 21.8. The van der Waals surface area contributed by atoms with Crippen molar-refractivity contribution in [3.8, 4) is 11.5 Å². The lowest BCUT2D eigenvalue weighted by Crippen LogP contribution is -2.22. The maximum Gasteiger partial charge on any atom is 0.123 e. The van der Waals surface area contributed by atoms with Crippen molar-refractivity contribution < 1.29 is 18.9 Å². The van der Waals surface area contributed by atoms with E-state index in [0.29, 0.717) is 13.2 Å². The summed E-state index contributed by atoms with van der Waals surface area (Å²) in [5, 5.41) is 0. The molecule has 2 saturated heterocycles. The van der Waals surface area contributed by atoms with E-state index in [-0.39, 0.29) is 17.6 Å². The number of hydrogen-bond acceptors (Lipinski definition) is 4. The molecule has 31 heavy (non-hydrogen) atoms. The molecule has 4 rings (SSSR count). The number of allylic oxidation sites excluding steroid dienone is 2. The van der Waals surface area contributed by atoms with E-state index in [9.17, 15) is 0 Å². The predicted octanol–water partition coefficient (Wildman–Crippen LogP) is 5.02. The molecule has 2 aromatic carbocycles. The molecule has 0 saturated carbocycles. The molecule has 0 N–H and O–H groups in total. The quantitative estimate of drug-likeness (QED) is 0.357. The minimum Gasteiger partial charge on any atom is -0.491 e. The molecule has 164 valence electrons. The predicted molar refractivity (Wildman–Crippen MR) is 123 cm³/mol. The maximum atomic E-state index is 6.11. The van der Waals surface area contributed by atoms with Gasteiger partial charge in [0.2, 0.25) is 0 Å².